The van der Waals surface area contributed by atoms with Gasteiger partial charge in [-0.2, -0.15) is 0 Å². The monoisotopic (exact) mass is 336 g/mol. The third-order valence-corrected chi connectivity index (χ3v) is 2.94. The third kappa shape index (κ3) is 3.24. The van der Waals surface area contributed by atoms with Crippen LogP contribution in [0.3, 0.4) is 0 Å². The van der Waals surface area contributed by atoms with E-state index in [1.807, 2.05) is 0 Å². The Morgan fingerprint density at radius 2 is 1.62 bits per heavy atom. The van der Waals surface area contributed by atoms with Crippen LogP contribution in [0.4, 0.5) is 0 Å². The lowest BCUT2D eigenvalue weighted by molar-refractivity contribution is -0.138. The fourth-order valence-electron chi connectivity index (χ4n) is 2.09. The van der Waals surface area contributed by atoms with Crippen LogP contribution in [0, 0.1) is 0 Å². The molecule has 4 N–H and O–H groups in total. The largest absolute Gasteiger partial charge is 0.480 e. The highest BCUT2D eigenvalue weighted by molar-refractivity contribution is 6.33. The van der Waals surface area contributed by atoms with Crippen LogP contribution < -0.4 is 11.0 Å². The molecule has 2 aromatic rings. The van der Waals surface area contributed by atoms with Gasteiger partial charge in [0.05, 0.1) is 11.0 Å². The second kappa shape index (κ2) is 6.64. The highest BCUT2D eigenvalue weighted by Crippen LogP contribution is 2.12. The van der Waals surface area contributed by atoms with Gasteiger partial charge in [-0.3, -0.25) is 24.4 Å². The van der Waals surface area contributed by atoms with Crippen molar-refractivity contribution in [1.82, 2.24) is 14.6 Å². The van der Waals surface area contributed by atoms with Gasteiger partial charge in [0.1, 0.15) is 13.1 Å². The molecule has 1 heterocycles. The molecule has 0 aliphatic rings. The number of rotatable bonds is 5. The van der Waals surface area contributed by atoms with Crippen molar-refractivity contribution in [2.45, 2.75) is 6.54 Å². The number of carboxylic acid groups (broad SMARTS) is 3. The van der Waals surface area contributed by atoms with Crippen molar-refractivity contribution >= 4 is 34.8 Å². The number of hydrogen-bond donors (Lipinski definition) is 4. The van der Waals surface area contributed by atoms with E-state index in [1.165, 1.54) is 18.2 Å². The number of aliphatic carboxylic acids is 3. The molecule has 2 rings (SSSR count). The highest BCUT2D eigenvalue weighted by Gasteiger charge is 2.23. The molecular formula is C13H12N4O7. The SMILES string of the molecule is O=C(O)CN/N=c1/n(CC(=O)O)c2ccccc2n1C(=O)C(=O)O. The summed E-state index contributed by atoms with van der Waals surface area (Å²) >= 11 is 0. The van der Waals surface area contributed by atoms with Crippen molar-refractivity contribution < 1.29 is 34.5 Å². The molecule has 24 heavy (non-hydrogen) atoms. The summed E-state index contributed by atoms with van der Waals surface area (Å²) in [5.74, 6) is -5.62. The topological polar surface area (TPSA) is 163 Å². The predicted molar refractivity (Wildman–Crippen MR) is 77.0 cm³/mol. The van der Waals surface area contributed by atoms with Crippen molar-refractivity contribution in [3.8, 4) is 0 Å². The second-order valence-corrected chi connectivity index (χ2v) is 4.55. The molecule has 11 heteroatoms. The number of fused-ring (bicyclic) bond motifs is 1. The quantitative estimate of drug-likeness (QED) is 0.388. The summed E-state index contributed by atoms with van der Waals surface area (Å²) in [6.45, 7) is -1.20. The first-order chi connectivity index (χ1) is 11.3. The van der Waals surface area contributed by atoms with E-state index >= 15 is 0 Å². The van der Waals surface area contributed by atoms with E-state index in [0.29, 0.717) is 4.57 Å². The molecule has 0 fully saturated rings. The van der Waals surface area contributed by atoms with E-state index in [1.54, 1.807) is 6.07 Å². The highest BCUT2D eigenvalue weighted by atomic mass is 16.4. The summed E-state index contributed by atoms with van der Waals surface area (Å²) in [7, 11) is 0. The van der Waals surface area contributed by atoms with E-state index in [4.69, 9.17) is 15.3 Å². The Kier molecular flexibility index (Phi) is 4.63. The maximum atomic E-state index is 12.0. The lowest BCUT2D eigenvalue weighted by Gasteiger charge is -2.02. The van der Waals surface area contributed by atoms with Gasteiger partial charge >= 0.3 is 23.8 Å². The van der Waals surface area contributed by atoms with Crippen LogP contribution in [-0.2, 0) is 20.9 Å². The molecule has 11 nitrogen and oxygen atoms in total. The molecular weight excluding hydrogens is 324 g/mol. The summed E-state index contributed by atoms with van der Waals surface area (Å²) in [6.07, 6.45) is 0. The standard InChI is InChI=1S/C13H12N4O7/c18-9(19)5-14-15-13-16(6-10(20)21)7-3-1-2-4-8(7)17(13)11(22)12(23)24/h1-4,14H,5-6H2,(H,18,19)(H,20,21)(H,23,24)/b15-13-. The van der Waals surface area contributed by atoms with Gasteiger partial charge in [-0.1, -0.05) is 12.1 Å². The van der Waals surface area contributed by atoms with Crippen molar-refractivity contribution in [3.05, 3.63) is 29.9 Å². The summed E-state index contributed by atoms with van der Waals surface area (Å²) in [5.41, 5.74) is 2.20. The number of carboxylic acids is 3. The van der Waals surface area contributed by atoms with Crippen molar-refractivity contribution in [1.29, 1.82) is 0 Å². The average Bonchev–Trinajstić information content (AvgIpc) is 2.80. The van der Waals surface area contributed by atoms with Gasteiger partial charge < -0.3 is 15.3 Å². The van der Waals surface area contributed by atoms with Crippen LogP contribution >= 0.6 is 0 Å². The Hall–Kier alpha value is -3.63. The zero-order valence-electron chi connectivity index (χ0n) is 12.0. The lowest BCUT2D eigenvalue weighted by Crippen LogP contribution is -2.37. The molecule has 0 saturated heterocycles. The fourth-order valence-corrected chi connectivity index (χ4v) is 2.09. The summed E-state index contributed by atoms with van der Waals surface area (Å²) in [5, 5.41) is 30.3. The Morgan fingerprint density at radius 3 is 2.17 bits per heavy atom. The number of nitrogens with zero attached hydrogens (tertiary/aromatic N) is 3. The molecule has 1 aromatic heterocycles. The Labute approximate surface area is 133 Å². The molecule has 0 amide bonds. The normalized spacial score (nSPS) is 11.4. The first-order valence-corrected chi connectivity index (χ1v) is 6.51. The van der Waals surface area contributed by atoms with Crippen molar-refractivity contribution in [3.63, 3.8) is 0 Å². The maximum absolute atomic E-state index is 12.0. The van der Waals surface area contributed by atoms with Crippen LogP contribution in [0.25, 0.3) is 11.0 Å². The molecule has 0 radical (unpaired) electrons. The molecule has 0 bridgehead atoms. The van der Waals surface area contributed by atoms with E-state index in [-0.39, 0.29) is 16.7 Å². The molecule has 0 saturated carbocycles. The molecule has 0 aliphatic heterocycles. The molecule has 126 valence electrons. The number of aromatic nitrogens is 2. The van der Waals surface area contributed by atoms with E-state index in [0.717, 1.165) is 4.57 Å². The Morgan fingerprint density at radius 1 is 1.00 bits per heavy atom. The molecule has 0 unspecified atom stereocenters. The van der Waals surface area contributed by atoms with Gasteiger partial charge in [-0.05, 0) is 12.1 Å². The Balaban J connectivity index is 2.79. The fraction of sp³-hybridized carbons (Fsp3) is 0.154. The van der Waals surface area contributed by atoms with Gasteiger partial charge in [0.2, 0.25) is 5.62 Å². The number of para-hydroxylation sites is 2. The minimum atomic E-state index is -1.77. The average molecular weight is 336 g/mol. The van der Waals surface area contributed by atoms with Crippen LogP contribution in [0.1, 0.15) is 4.79 Å². The Bertz CT molecular complexity index is 909. The molecule has 0 atom stereocenters. The molecule has 0 spiro atoms. The minimum Gasteiger partial charge on any atom is -0.480 e. The number of hydrogen-bond acceptors (Lipinski definition) is 6. The van der Waals surface area contributed by atoms with Crippen LogP contribution in [0.2, 0.25) is 0 Å². The number of benzene rings is 1. The van der Waals surface area contributed by atoms with Gasteiger partial charge in [0.15, 0.2) is 0 Å². The summed E-state index contributed by atoms with van der Waals surface area (Å²) < 4.78 is 1.79. The molecule has 0 aliphatic carbocycles. The van der Waals surface area contributed by atoms with Crippen LogP contribution in [0.15, 0.2) is 29.4 Å². The van der Waals surface area contributed by atoms with Crippen molar-refractivity contribution in [2.75, 3.05) is 6.54 Å². The van der Waals surface area contributed by atoms with E-state index in [2.05, 4.69) is 10.5 Å². The van der Waals surface area contributed by atoms with Gasteiger partial charge in [-0.25, -0.2) is 9.36 Å². The van der Waals surface area contributed by atoms with Gasteiger partial charge in [0.25, 0.3) is 0 Å². The van der Waals surface area contributed by atoms with Gasteiger partial charge in [0, 0.05) is 0 Å². The number of nitrogens with one attached hydrogen (secondary N) is 1. The molecule has 1 aromatic carbocycles. The zero-order valence-corrected chi connectivity index (χ0v) is 12.0. The van der Waals surface area contributed by atoms with E-state index < -0.39 is 36.9 Å². The minimum absolute atomic E-state index is 0.127. The maximum Gasteiger partial charge on any atom is 0.395 e. The first kappa shape index (κ1) is 16.7. The predicted octanol–water partition coefficient (Wildman–Crippen LogP) is -1.26. The summed E-state index contributed by atoms with van der Waals surface area (Å²) in [4.78, 5) is 44.7. The number of carbonyl (C=O) groups is 4. The van der Waals surface area contributed by atoms with Gasteiger partial charge in [-0.15, -0.1) is 5.10 Å². The second-order valence-electron chi connectivity index (χ2n) is 4.55. The van der Waals surface area contributed by atoms with E-state index in [9.17, 15) is 19.2 Å². The summed E-state index contributed by atoms with van der Waals surface area (Å²) in [6, 6.07) is 6.02. The lowest BCUT2D eigenvalue weighted by atomic mass is 10.3. The van der Waals surface area contributed by atoms with Crippen LogP contribution in [0.5, 0.6) is 0 Å². The van der Waals surface area contributed by atoms with Crippen LogP contribution in [-0.4, -0.2) is 54.8 Å². The first-order valence-electron chi connectivity index (χ1n) is 6.51. The zero-order chi connectivity index (χ0) is 17.9. The third-order valence-electron chi connectivity index (χ3n) is 2.94. The smallest absolute Gasteiger partial charge is 0.395 e. The number of carbonyl (C=O) groups excluding carboxylic acids is 1. The number of imidazole rings is 1. The van der Waals surface area contributed by atoms with Crippen molar-refractivity contribution in [2.24, 2.45) is 5.10 Å².